The molecule has 4 rings (SSSR count). The average Bonchev–Trinajstić information content (AvgIpc) is 2.86. The first kappa shape index (κ1) is 15.6. The van der Waals surface area contributed by atoms with Crippen LogP contribution in [0.5, 0.6) is 0 Å². The predicted octanol–water partition coefficient (Wildman–Crippen LogP) is 2.38. The van der Waals surface area contributed by atoms with Crippen LogP contribution < -0.4 is 0 Å². The van der Waals surface area contributed by atoms with Gasteiger partial charge in [-0.2, -0.15) is 0 Å². The SMILES string of the molecule is COC(=O)Cn1c2c(c3ccc4cccnc4c31)CCCN(C)C2=O. The van der Waals surface area contributed by atoms with Gasteiger partial charge in [0.25, 0.3) is 5.91 Å². The zero-order valence-corrected chi connectivity index (χ0v) is 14.3. The molecule has 0 saturated heterocycles. The first-order chi connectivity index (χ1) is 12.1. The van der Waals surface area contributed by atoms with E-state index in [1.807, 2.05) is 24.3 Å². The largest absolute Gasteiger partial charge is 0.468 e. The summed E-state index contributed by atoms with van der Waals surface area (Å²) in [5, 5.41) is 1.98. The Labute approximate surface area is 145 Å². The number of aryl methyl sites for hydroxylation is 1. The van der Waals surface area contributed by atoms with E-state index in [-0.39, 0.29) is 18.4 Å². The van der Waals surface area contributed by atoms with Gasteiger partial charge in [0.1, 0.15) is 12.2 Å². The van der Waals surface area contributed by atoms with Crippen molar-refractivity contribution < 1.29 is 14.3 Å². The predicted molar refractivity (Wildman–Crippen MR) is 94.5 cm³/mol. The van der Waals surface area contributed by atoms with Crippen molar-refractivity contribution in [1.82, 2.24) is 14.5 Å². The Kier molecular flexibility index (Phi) is 3.67. The Bertz CT molecular complexity index is 1010. The van der Waals surface area contributed by atoms with Crippen LogP contribution in [0, 0.1) is 0 Å². The van der Waals surface area contributed by atoms with Crippen molar-refractivity contribution in [1.29, 1.82) is 0 Å². The van der Waals surface area contributed by atoms with Crippen molar-refractivity contribution in [3.05, 3.63) is 41.7 Å². The number of rotatable bonds is 2. The van der Waals surface area contributed by atoms with Gasteiger partial charge in [-0.15, -0.1) is 0 Å². The van der Waals surface area contributed by atoms with Crippen molar-refractivity contribution in [3.8, 4) is 0 Å². The number of esters is 1. The molecule has 1 aromatic carbocycles. The second-order valence-corrected chi connectivity index (χ2v) is 6.36. The van der Waals surface area contributed by atoms with E-state index in [4.69, 9.17) is 4.74 Å². The van der Waals surface area contributed by atoms with E-state index in [1.54, 1.807) is 22.7 Å². The third kappa shape index (κ3) is 2.36. The Morgan fingerprint density at radius 3 is 2.96 bits per heavy atom. The minimum Gasteiger partial charge on any atom is -0.468 e. The van der Waals surface area contributed by atoms with Crippen molar-refractivity contribution in [2.45, 2.75) is 19.4 Å². The lowest BCUT2D eigenvalue weighted by atomic mass is 10.0. The molecule has 0 fully saturated rings. The maximum absolute atomic E-state index is 13.0. The zero-order chi connectivity index (χ0) is 17.6. The number of carbonyl (C=O) groups excluding carboxylic acids is 2. The van der Waals surface area contributed by atoms with Crippen molar-refractivity contribution in [2.75, 3.05) is 20.7 Å². The number of benzene rings is 1. The molecule has 6 heteroatoms. The molecule has 0 bridgehead atoms. The van der Waals surface area contributed by atoms with Gasteiger partial charge in [-0.25, -0.2) is 0 Å². The molecule has 0 saturated carbocycles. The lowest BCUT2D eigenvalue weighted by molar-refractivity contribution is -0.141. The van der Waals surface area contributed by atoms with E-state index in [0.29, 0.717) is 12.2 Å². The first-order valence-corrected chi connectivity index (χ1v) is 8.33. The highest BCUT2D eigenvalue weighted by Gasteiger charge is 2.29. The minimum atomic E-state index is -0.382. The van der Waals surface area contributed by atoms with E-state index < -0.39 is 0 Å². The van der Waals surface area contributed by atoms with Gasteiger partial charge in [0.15, 0.2) is 0 Å². The van der Waals surface area contributed by atoms with Crippen LogP contribution in [0.15, 0.2) is 30.5 Å². The van der Waals surface area contributed by atoms with Crippen molar-refractivity contribution >= 4 is 33.7 Å². The first-order valence-electron chi connectivity index (χ1n) is 8.33. The van der Waals surface area contributed by atoms with E-state index in [2.05, 4.69) is 4.98 Å². The molecule has 1 amide bonds. The molecule has 128 valence electrons. The molecular formula is C19H19N3O3. The summed E-state index contributed by atoms with van der Waals surface area (Å²) in [5.74, 6) is -0.441. The van der Waals surface area contributed by atoms with Gasteiger partial charge in [-0.1, -0.05) is 18.2 Å². The number of fused-ring (bicyclic) bond motifs is 5. The molecule has 0 N–H and O–H groups in total. The van der Waals surface area contributed by atoms with E-state index in [1.165, 1.54) is 7.11 Å². The summed E-state index contributed by atoms with van der Waals surface area (Å²) < 4.78 is 6.65. The normalized spacial score (nSPS) is 14.6. The van der Waals surface area contributed by atoms with Crippen molar-refractivity contribution in [3.63, 3.8) is 0 Å². The number of carbonyl (C=O) groups is 2. The second-order valence-electron chi connectivity index (χ2n) is 6.36. The number of nitrogens with zero attached hydrogens (tertiary/aromatic N) is 3. The van der Waals surface area contributed by atoms with Crippen LogP contribution in [0.3, 0.4) is 0 Å². The summed E-state index contributed by atoms with van der Waals surface area (Å²) in [5.41, 5.74) is 3.21. The lowest BCUT2D eigenvalue weighted by Crippen LogP contribution is -2.29. The zero-order valence-electron chi connectivity index (χ0n) is 14.3. The van der Waals surface area contributed by atoms with Crippen LogP contribution in [0.25, 0.3) is 21.8 Å². The molecule has 1 aliphatic rings. The Morgan fingerprint density at radius 1 is 1.32 bits per heavy atom. The van der Waals surface area contributed by atoms with Crippen LogP contribution in [0.2, 0.25) is 0 Å². The van der Waals surface area contributed by atoms with Gasteiger partial charge in [-0.05, 0) is 24.5 Å². The van der Waals surface area contributed by atoms with Gasteiger partial charge >= 0.3 is 5.97 Å². The molecule has 3 heterocycles. The highest BCUT2D eigenvalue weighted by Crippen LogP contribution is 2.34. The quantitative estimate of drug-likeness (QED) is 0.674. The molecule has 0 aliphatic carbocycles. The molecule has 1 aliphatic heterocycles. The minimum absolute atomic E-state index is 0.00238. The number of hydrogen-bond donors (Lipinski definition) is 0. The molecule has 2 aromatic heterocycles. The van der Waals surface area contributed by atoms with E-state index in [9.17, 15) is 9.59 Å². The lowest BCUT2D eigenvalue weighted by Gasteiger charge is -2.16. The fourth-order valence-corrected chi connectivity index (χ4v) is 3.67. The van der Waals surface area contributed by atoms with Gasteiger partial charge in [0, 0.05) is 30.6 Å². The highest BCUT2D eigenvalue weighted by molar-refractivity contribution is 6.10. The van der Waals surface area contributed by atoms with Crippen LogP contribution in [-0.2, 0) is 22.5 Å². The van der Waals surface area contributed by atoms with Gasteiger partial charge < -0.3 is 14.2 Å². The van der Waals surface area contributed by atoms with Crippen LogP contribution in [0.1, 0.15) is 22.5 Å². The summed E-state index contributed by atoms with van der Waals surface area (Å²) >= 11 is 0. The van der Waals surface area contributed by atoms with E-state index >= 15 is 0 Å². The monoisotopic (exact) mass is 337 g/mol. The summed E-state index contributed by atoms with van der Waals surface area (Å²) in [6, 6.07) is 7.92. The number of aromatic nitrogens is 2. The van der Waals surface area contributed by atoms with Gasteiger partial charge in [0.2, 0.25) is 0 Å². The third-order valence-corrected chi connectivity index (χ3v) is 4.88. The molecular weight excluding hydrogens is 318 g/mol. The fourth-order valence-electron chi connectivity index (χ4n) is 3.67. The summed E-state index contributed by atoms with van der Waals surface area (Å²) in [6.45, 7) is 0.705. The number of hydrogen-bond acceptors (Lipinski definition) is 4. The average molecular weight is 337 g/mol. The number of pyridine rings is 1. The summed E-state index contributed by atoms with van der Waals surface area (Å²) in [4.78, 5) is 31.2. The van der Waals surface area contributed by atoms with Gasteiger partial charge in [0.05, 0.1) is 18.1 Å². The van der Waals surface area contributed by atoms with Crippen LogP contribution in [-0.4, -0.2) is 47.0 Å². The highest BCUT2D eigenvalue weighted by atomic mass is 16.5. The summed E-state index contributed by atoms with van der Waals surface area (Å²) in [7, 11) is 3.16. The number of ether oxygens (including phenoxy) is 1. The number of methoxy groups -OCH3 is 1. The van der Waals surface area contributed by atoms with Crippen LogP contribution >= 0.6 is 0 Å². The Hall–Kier alpha value is -2.89. The molecule has 0 atom stereocenters. The standard InChI is InChI=1S/C19H19N3O3/c1-21-10-4-6-13-14-8-7-12-5-3-9-20-16(12)17(14)22(11-15(23)25-2)18(13)19(21)24/h3,5,7-9H,4,6,10-11H2,1-2H3. The third-order valence-electron chi connectivity index (χ3n) is 4.88. The van der Waals surface area contributed by atoms with Gasteiger partial charge in [-0.3, -0.25) is 14.6 Å². The Morgan fingerprint density at radius 2 is 2.16 bits per heavy atom. The van der Waals surface area contributed by atoms with Crippen molar-refractivity contribution in [2.24, 2.45) is 0 Å². The maximum atomic E-state index is 13.0. The fraction of sp³-hybridized carbons (Fsp3) is 0.316. The Balaban J connectivity index is 2.12. The summed E-state index contributed by atoms with van der Waals surface area (Å²) in [6.07, 6.45) is 3.43. The van der Waals surface area contributed by atoms with E-state index in [0.717, 1.165) is 40.2 Å². The smallest absolute Gasteiger partial charge is 0.325 e. The molecule has 0 unspecified atom stereocenters. The molecule has 0 spiro atoms. The molecule has 6 nitrogen and oxygen atoms in total. The topological polar surface area (TPSA) is 64.4 Å². The molecule has 25 heavy (non-hydrogen) atoms. The maximum Gasteiger partial charge on any atom is 0.325 e. The second kappa shape index (κ2) is 5.88. The molecule has 0 radical (unpaired) electrons. The number of amides is 1. The molecule has 3 aromatic rings. The van der Waals surface area contributed by atoms with Crippen LogP contribution in [0.4, 0.5) is 0 Å².